The van der Waals surface area contributed by atoms with Gasteiger partial charge in [-0.3, -0.25) is 0 Å². The molecule has 0 unspecified atom stereocenters. The predicted molar refractivity (Wildman–Crippen MR) is 89.1 cm³/mol. The van der Waals surface area contributed by atoms with Gasteiger partial charge in [0.05, 0.1) is 18.6 Å². The Morgan fingerprint density at radius 1 is 0.957 bits per heavy atom. The summed E-state index contributed by atoms with van der Waals surface area (Å²) in [5.41, 5.74) is 2.39. The number of likely N-dealkylation sites (tertiary alicyclic amines) is 1. The van der Waals surface area contributed by atoms with Crippen LogP contribution in [0.2, 0.25) is 0 Å². The highest BCUT2D eigenvalue weighted by Gasteiger charge is 2.44. The molecule has 0 aliphatic carbocycles. The molecular formula is C18H20N2O3. The van der Waals surface area contributed by atoms with Gasteiger partial charge >= 0.3 is 6.03 Å². The summed E-state index contributed by atoms with van der Waals surface area (Å²) in [6.07, 6.45) is 0. The van der Waals surface area contributed by atoms with Gasteiger partial charge in [-0.15, -0.1) is 0 Å². The Labute approximate surface area is 135 Å². The number of aliphatic hydroxyl groups excluding tert-OH is 2. The fourth-order valence-corrected chi connectivity index (χ4v) is 2.74. The van der Waals surface area contributed by atoms with E-state index >= 15 is 0 Å². The van der Waals surface area contributed by atoms with Gasteiger partial charge in [0.1, 0.15) is 0 Å². The first-order valence-corrected chi connectivity index (χ1v) is 7.59. The first-order valence-electron chi connectivity index (χ1n) is 7.59. The lowest BCUT2D eigenvalue weighted by Crippen LogP contribution is -2.62. The molecule has 0 bridgehead atoms. The number of carbonyl (C=O) groups is 1. The fraction of sp³-hybridized carbons (Fsp3) is 0.278. The van der Waals surface area contributed by atoms with Crippen LogP contribution < -0.4 is 5.32 Å². The zero-order valence-electron chi connectivity index (χ0n) is 12.8. The number of aliphatic hydroxyl groups is 2. The minimum atomic E-state index is -0.547. The zero-order chi connectivity index (χ0) is 16.3. The summed E-state index contributed by atoms with van der Waals surface area (Å²) in [6, 6.07) is 17.5. The summed E-state index contributed by atoms with van der Waals surface area (Å²) < 4.78 is 0. The van der Waals surface area contributed by atoms with Crippen LogP contribution in [0.25, 0.3) is 11.1 Å². The van der Waals surface area contributed by atoms with E-state index in [0.29, 0.717) is 13.1 Å². The summed E-state index contributed by atoms with van der Waals surface area (Å²) in [4.78, 5) is 13.7. The molecule has 2 aromatic carbocycles. The van der Waals surface area contributed by atoms with Gasteiger partial charge in [0.15, 0.2) is 0 Å². The summed E-state index contributed by atoms with van der Waals surface area (Å²) in [5, 5.41) is 21.3. The van der Waals surface area contributed by atoms with Gasteiger partial charge in [-0.25, -0.2) is 4.79 Å². The van der Waals surface area contributed by atoms with Crippen molar-refractivity contribution < 1.29 is 15.0 Å². The van der Waals surface area contributed by atoms with Gasteiger partial charge in [-0.05, 0) is 23.3 Å². The maximum Gasteiger partial charge on any atom is 0.321 e. The zero-order valence-corrected chi connectivity index (χ0v) is 12.8. The van der Waals surface area contributed by atoms with Crippen molar-refractivity contribution in [1.29, 1.82) is 0 Å². The standard InChI is InChI=1S/C18H20N2O3/c21-12-18(13-22)10-20(11-18)17(23)19-16-8-6-15(7-9-16)14-4-2-1-3-5-14/h1-9,21-22H,10-13H2,(H,19,23). The third kappa shape index (κ3) is 3.21. The predicted octanol–water partition coefficient (Wildman–Crippen LogP) is 2.17. The molecule has 2 amide bonds. The molecule has 2 aromatic rings. The third-order valence-corrected chi connectivity index (χ3v) is 4.25. The molecule has 0 radical (unpaired) electrons. The molecule has 0 aromatic heterocycles. The number of urea groups is 1. The molecule has 23 heavy (non-hydrogen) atoms. The topological polar surface area (TPSA) is 72.8 Å². The average molecular weight is 312 g/mol. The number of hydrogen-bond acceptors (Lipinski definition) is 3. The lowest BCUT2D eigenvalue weighted by molar-refractivity contribution is -0.0500. The fourth-order valence-electron chi connectivity index (χ4n) is 2.74. The Hall–Kier alpha value is -2.37. The highest BCUT2D eigenvalue weighted by atomic mass is 16.3. The number of anilines is 1. The largest absolute Gasteiger partial charge is 0.396 e. The van der Waals surface area contributed by atoms with Crippen molar-refractivity contribution in [1.82, 2.24) is 4.90 Å². The summed E-state index contributed by atoms with van der Waals surface area (Å²) >= 11 is 0. The van der Waals surface area contributed by atoms with Gasteiger partial charge in [0.25, 0.3) is 0 Å². The van der Waals surface area contributed by atoms with Crippen LogP contribution in [0.3, 0.4) is 0 Å². The molecule has 1 heterocycles. The van der Waals surface area contributed by atoms with Crippen molar-refractivity contribution >= 4 is 11.7 Å². The summed E-state index contributed by atoms with van der Waals surface area (Å²) in [5.74, 6) is 0. The van der Waals surface area contributed by atoms with Crippen molar-refractivity contribution in [3.63, 3.8) is 0 Å². The molecule has 1 aliphatic rings. The van der Waals surface area contributed by atoms with E-state index in [1.807, 2.05) is 54.6 Å². The number of carbonyl (C=O) groups excluding carboxylic acids is 1. The van der Waals surface area contributed by atoms with Gasteiger partial charge in [0, 0.05) is 18.8 Å². The number of amides is 2. The first-order chi connectivity index (χ1) is 11.2. The van der Waals surface area contributed by atoms with E-state index in [4.69, 9.17) is 0 Å². The Morgan fingerprint density at radius 3 is 2.09 bits per heavy atom. The van der Waals surface area contributed by atoms with Crippen molar-refractivity contribution in [3.05, 3.63) is 54.6 Å². The summed E-state index contributed by atoms with van der Waals surface area (Å²) in [7, 11) is 0. The number of hydrogen-bond donors (Lipinski definition) is 3. The monoisotopic (exact) mass is 312 g/mol. The third-order valence-electron chi connectivity index (χ3n) is 4.25. The van der Waals surface area contributed by atoms with Crippen LogP contribution >= 0.6 is 0 Å². The maximum absolute atomic E-state index is 12.1. The minimum Gasteiger partial charge on any atom is -0.396 e. The SMILES string of the molecule is O=C(Nc1ccc(-c2ccccc2)cc1)N1CC(CO)(CO)C1. The molecule has 1 aliphatic heterocycles. The molecular weight excluding hydrogens is 292 g/mol. The highest BCUT2D eigenvalue weighted by Crippen LogP contribution is 2.30. The molecule has 1 fully saturated rings. The lowest BCUT2D eigenvalue weighted by Gasteiger charge is -2.47. The smallest absolute Gasteiger partial charge is 0.321 e. The normalized spacial score (nSPS) is 15.8. The Morgan fingerprint density at radius 2 is 1.52 bits per heavy atom. The van der Waals surface area contributed by atoms with Crippen molar-refractivity contribution in [2.45, 2.75) is 0 Å². The average Bonchev–Trinajstić information content (AvgIpc) is 2.56. The maximum atomic E-state index is 12.1. The molecule has 0 atom stereocenters. The molecule has 1 saturated heterocycles. The molecule has 5 heteroatoms. The number of rotatable bonds is 4. The van der Waals surface area contributed by atoms with Crippen molar-refractivity contribution in [2.75, 3.05) is 31.6 Å². The molecule has 5 nitrogen and oxygen atoms in total. The van der Waals surface area contributed by atoms with Crippen LogP contribution in [-0.4, -0.2) is 47.4 Å². The van der Waals surface area contributed by atoms with E-state index in [-0.39, 0.29) is 19.2 Å². The first kappa shape index (κ1) is 15.5. The van der Waals surface area contributed by atoms with Crippen molar-refractivity contribution in [2.24, 2.45) is 5.41 Å². The number of nitrogens with zero attached hydrogens (tertiary/aromatic N) is 1. The van der Waals surface area contributed by atoms with E-state index in [0.717, 1.165) is 16.8 Å². The number of nitrogens with one attached hydrogen (secondary N) is 1. The molecule has 3 N–H and O–H groups in total. The van der Waals surface area contributed by atoms with Crippen molar-refractivity contribution in [3.8, 4) is 11.1 Å². The van der Waals surface area contributed by atoms with E-state index in [1.165, 1.54) is 0 Å². The van der Waals surface area contributed by atoms with Crippen LogP contribution in [0.15, 0.2) is 54.6 Å². The van der Waals surface area contributed by atoms with E-state index in [9.17, 15) is 15.0 Å². The van der Waals surface area contributed by atoms with Gasteiger partial charge < -0.3 is 20.4 Å². The molecule has 0 saturated carbocycles. The van der Waals surface area contributed by atoms with Crippen LogP contribution in [0, 0.1) is 5.41 Å². The second-order valence-electron chi connectivity index (χ2n) is 6.05. The van der Waals surface area contributed by atoms with E-state index in [2.05, 4.69) is 5.32 Å². The summed E-state index contributed by atoms with van der Waals surface area (Å²) in [6.45, 7) is 0.514. The molecule has 3 rings (SSSR count). The Balaban J connectivity index is 1.60. The van der Waals surface area contributed by atoms with Gasteiger partial charge in [-0.1, -0.05) is 42.5 Å². The number of benzene rings is 2. The van der Waals surface area contributed by atoms with Crippen LogP contribution in [0.1, 0.15) is 0 Å². The van der Waals surface area contributed by atoms with Gasteiger partial charge in [0.2, 0.25) is 0 Å². The Bertz CT molecular complexity index is 658. The second kappa shape index (κ2) is 6.40. The van der Waals surface area contributed by atoms with Gasteiger partial charge in [-0.2, -0.15) is 0 Å². The molecule has 120 valence electrons. The van der Waals surface area contributed by atoms with Crippen LogP contribution in [-0.2, 0) is 0 Å². The van der Waals surface area contributed by atoms with E-state index in [1.54, 1.807) is 4.90 Å². The Kier molecular flexibility index (Phi) is 4.32. The highest BCUT2D eigenvalue weighted by molar-refractivity contribution is 5.90. The van der Waals surface area contributed by atoms with E-state index < -0.39 is 5.41 Å². The quantitative estimate of drug-likeness (QED) is 0.810. The second-order valence-corrected chi connectivity index (χ2v) is 6.05. The molecule has 0 spiro atoms. The minimum absolute atomic E-state index is 0.112. The van der Waals surface area contributed by atoms with Crippen LogP contribution in [0.4, 0.5) is 10.5 Å². The van der Waals surface area contributed by atoms with Crippen LogP contribution in [0.5, 0.6) is 0 Å². The lowest BCUT2D eigenvalue weighted by atomic mass is 9.82.